The highest BCUT2D eigenvalue weighted by atomic mass is 16.4. The first kappa shape index (κ1) is 16.3. The van der Waals surface area contributed by atoms with Crippen molar-refractivity contribution in [3.63, 3.8) is 0 Å². The van der Waals surface area contributed by atoms with E-state index in [1.807, 2.05) is 13.8 Å². The van der Waals surface area contributed by atoms with Gasteiger partial charge in [0, 0.05) is 6.42 Å². The molecular formula is C10H20O5. The van der Waals surface area contributed by atoms with Gasteiger partial charge in [-0.15, -0.1) is 0 Å². The van der Waals surface area contributed by atoms with Crippen molar-refractivity contribution in [1.82, 2.24) is 0 Å². The summed E-state index contributed by atoms with van der Waals surface area (Å²) in [4.78, 5) is 19.6. The van der Waals surface area contributed by atoms with E-state index in [4.69, 9.17) is 15.3 Å². The van der Waals surface area contributed by atoms with E-state index in [-0.39, 0.29) is 0 Å². The van der Waals surface area contributed by atoms with Crippen LogP contribution in [0.3, 0.4) is 0 Å². The van der Waals surface area contributed by atoms with Gasteiger partial charge in [0.25, 0.3) is 0 Å². The Morgan fingerprint density at radius 1 is 1.13 bits per heavy atom. The number of unbranched alkanes of at least 4 members (excludes halogenated alkanes) is 1. The number of hydrogen-bond donors (Lipinski definition) is 3. The van der Waals surface area contributed by atoms with Crippen molar-refractivity contribution in [2.75, 3.05) is 0 Å². The highest BCUT2D eigenvalue weighted by Crippen LogP contribution is 1.99. The SMILES string of the molecule is CCCC(=O)O.CCCCC(O)C(=O)O. The quantitative estimate of drug-likeness (QED) is 0.630. The summed E-state index contributed by atoms with van der Waals surface area (Å²) < 4.78 is 0. The molecule has 3 N–H and O–H groups in total. The maximum absolute atomic E-state index is 9.96. The summed E-state index contributed by atoms with van der Waals surface area (Å²) >= 11 is 0. The van der Waals surface area contributed by atoms with E-state index in [1.54, 1.807) is 0 Å². The predicted molar refractivity (Wildman–Crippen MR) is 55.7 cm³/mol. The Bertz CT molecular complexity index is 179. The molecule has 0 aromatic rings. The second-order valence-electron chi connectivity index (χ2n) is 3.14. The number of aliphatic hydroxyl groups excluding tert-OH is 1. The number of carbonyl (C=O) groups is 2. The van der Waals surface area contributed by atoms with E-state index in [0.29, 0.717) is 12.8 Å². The highest BCUT2D eigenvalue weighted by molar-refractivity contribution is 5.71. The van der Waals surface area contributed by atoms with Crippen molar-refractivity contribution in [3.8, 4) is 0 Å². The molecule has 0 rings (SSSR count). The van der Waals surface area contributed by atoms with Gasteiger partial charge >= 0.3 is 11.9 Å². The molecule has 0 spiro atoms. The van der Waals surface area contributed by atoms with Crippen molar-refractivity contribution in [1.29, 1.82) is 0 Å². The number of carboxylic acid groups (broad SMARTS) is 2. The van der Waals surface area contributed by atoms with Crippen LogP contribution in [0.2, 0.25) is 0 Å². The molecule has 5 nitrogen and oxygen atoms in total. The molecule has 1 unspecified atom stereocenters. The van der Waals surface area contributed by atoms with Crippen LogP contribution in [0.1, 0.15) is 46.0 Å². The monoisotopic (exact) mass is 220 g/mol. The third-order valence-electron chi connectivity index (χ3n) is 1.58. The first-order chi connectivity index (χ1) is 6.95. The lowest BCUT2D eigenvalue weighted by atomic mass is 10.2. The fourth-order valence-corrected chi connectivity index (χ4v) is 0.735. The lowest BCUT2D eigenvalue weighted by Crippen LogP contribution is -2.18. The van der Waals surface area contributed by atoms with Gasteiger partial charge in [0.05, 0.1) is 0 Å². The smallest absolute Gasteiger partial charge is 0.332 e. The average Bonchev–Trinajstić information content (AvgIpc) is 2.14. The molecule has 0 radical (unpaired) electrons. The van der Waals surface area contributed by atoms with E-state index >= 15 is 0 Å². The maximum atomic E-state index is 9.96. The van der Waals surface area contributed by atoms with E-state index < -0.39 is 18.0 Å². The summed E-state index contributed by atoms with van der Waals surface area (Å²) in [6, 6.07) is 0. The zero-order valence-corrected chi connectivity index (χ0v) is 9.27. The van der Waals surface area contributed by atoms with Crippen LogP contribution in [0.15, 0.2) is 0 Å². The molecule has 0 aliphatic heterocycles. The van der Waals surface area contributed by atoms with Gasteiger partial charge < -0.3 is 15.3 Å². The van der Waals surface area contributed by atoms with Gasteiger partial charge in [-0.2, -0.15) is 0 Å². The van der Waals surface area contributed by atoms with Crippen molar-refractivity contribution >= 4 is 11.9 Å². The molecule has 0 amide bonds. The largest absolute Gasteiger partial charge is 0.481 e. The van der Waals surface area contributed by atoms with Crippen LogP contribution in [0, 0.1) is 0 Å². The second-order valence-corrected chi connectivity index (χ2v) is 3.14. The van der Waals surface area contributed by atoms with E-state index in [2.05, 4.69) is 0 Å². The number of hydrogen-bond acceptors (Lipinski definition) is 3. The first-order valence-electron chi connectivity index (χ1n) is 5.08. The molecule has 0 bridgehead atoms. The number of carboxylic acids is 2. The Balaban J connectivity index is 0. The molecular weight excluding hydrogens is 200 g/mol. The van der Waals surface area contributed by atoms with Crippen LogP contribution in [0.25, 0.3) is 0 Å². The third-order valence-corrected chi connectivity index (χ3v) is 1.58. The minimum atomic E-state index is -1.16. The molecule has 90 valence electrons. The number of rotatable bonds is 6. The Kier molecular flexibility index (Phi) is 12.0. The molecule has 1 atom stereocenters. The van der Waals surface area contributed by atoms with Crippen LogP contribution in [0.4, 0.5) is 0 Å². The van der Waals surface area contributed by atoms with Crippen LogP contribution in [0.5, 0.6) is 0 Å². The van der Waals surface area contributed by atoms with Crippen LogP contribution < -0.4 is 0 Å². The maximum Gasteiger partial charge on any atom is 0.332 e. The molecule has 0 saturated carbocycles. The summed E-state index contributed by atoms with van der Waals surface area (Å²) in [6.07, 6.45) is 1.92. The summed E-state index contributed by atoms with van der Waals surface area (Å²) in [7, 11) is 0. The topological polar surface area (TPSA) is 94.8 Å². The molecule has 5 heteroatoms. The predicted octanol–water partition coefficient (Wildman–Crippen LogP) is 1.49. The van der Waals surface area contributed by atoms with E-state index in [1.165, 1.54) is 0 Å². The highest BCUT2D eigenvalue weighted by Gasteiger charge is 2.10. The summed E-state index contributed by atoms with van der Waals surface area (Å²) in [5, 5.41) is 24.7. The Morgan fingerprint density at radius 3 is 1.87 bits per heavy atom. The van der Waals surface area contributed by atoms with Gasteiger partial charge in [0.1, 0.15) is 0 Å². The standard InChI is InChI=1S/C6H12O3.C4H8O2/c1-2-3-4-5(7)6(8)9;1-2-3-4(5)6/h5,7H,2-4H2,1H3,(H,8,9);2-3H2,1H3,(H,5,6). The van der Waals surface area contributed by atoms with Crippen molar-refractivity contribution < 1.29 is 24.9 Å². The number of aliphatic carboxylic acids is 2. The normalized spacial score (nSPS) is 11.1. The third kappa shape index (κ3) is 15.6. The van der Waals surface area contributed by atoms with Crippen molar-refractivity contribution in [2.45, 2.75) is 52.1 Å². The van der Waals surface area contributed by atoms with Crippen LogP contribution in [-0.4, -0.2) is 33.4 Å². The van der Waals surface area contributed by atoms with Gasteiger partial charge in [0.15, 0.2) is 6.10 Å². The lowest BCUT2D eigenvalue weighted by molar-refractivity contribution is -0.147. The average molecular weight is 220 g/mol. The zero-order valence-electron chi connectivity index (χ0n) is 9.27. The lowest BCUT2D eigenvalue weighted by Gasteiger charge is -2.01. The Hall–Kier alpha value is -1.10. The minimum Gasteiger partial charge on any atom is -0.481 e. The Morgan fingerprint density at radius 2 is 1.67 bits per heavy atom. The van der Waals surface area contributed by atoms with Gasteiger partial charge in [-0.25, -0.2) is 4.79 Å². The fourth-order valence-electron chi connectivity index (χ4n) is 0.735. The fraction of sp³-hybridized carbons (Fsp3) is 0.800. The van der Waals surface area contributed by atoms with Crippen LogP contribution in [-0.2, 0) is 9.59 Å². The molecule has 0 aromatic carbocycles. The van der Waals surface area contributed by atoms with Gasteiger partial charge in [0.2, 0.25) is 0 Å². The molecule has 0 saturated heterocycles. The van der Waals surface area contributed by atoms with Crippen LogP contribution >= 0.6 is 0 Å². The molecule has 0 heterocycles. The van der Waals surface area contributed by atoms with E-state index in [0.717, 1.165) is 19.3 Å². The van der Waals surface area contributed by atoms with Crippen molar-refractivity contribution in [2.24, 2.45) is 0 Å². The minimum absolute atomic E-state index is 0.292. The van der Waals surface area contributed by atoms with Gasteiger partial charge in [-0.3, -0.25) is 4.79 Å². The summed E-state index contributed by atoms with van der Waals surface area (Å²) in [5.41, 5.74) is 0. The Labute approximate surface area is 89.7 Å². The zero-order chi connectivity index (χ0) is 12.3. The molecule has 0 aliphatic rings. The van der Waals surface area contributed by atoms with Gasteiger partial charge in [-0.1, -0.05) is 26.7 Å². The summed E-state index contributed by atoms with van der Waals surface area (Å²) in [5.74, 6) is -1.83. The molecule has 15 heavy (non-hydrogen) atoms. The molecule has 0 aromatic heterocycles. The first-order valence-corrected chi connectivity index (χ1v) is 5.08. The van der Waals surface area contributed by atoms with E-state index in [9.17, 15) is 9.59 Å². The summed E-state index contributed by atoms with van der Waals surface area (Å²) in [6.45, 7) is 3.79. The number of aliphatic hydroxyl groups is 1. The van der Waals surface area contributed by atoms with Crippen molar-refractivity contribution in [3.05, 3.63) is 0 Å². The molecule has 0 fully saturated rings. The van der Waals surface area contributed by atoms with Gasteiger partial charge in [-0.05, 0) is 12.8 Å². The second kappa shape index (κ2) is 11.0. The molecule has 0 aliphatic carbocycles.